The fraction of sp³-hybridized carbons (Fsp3) is 0.353. The van der Waals surface area contributed by atoms with Crippen LogP contribution in [0.1, 0.15) is 15.2 Å². The summed E-state index contributed by atoms with van der Waals surface area (Å²) in [5.74, 6) is -1.06. The van der Waals surface area contributed by atoms with Crippen molar-refractivity contribution in [3.63, 3.8) is 0 Å². The van der Waals surface area contributed by atoms with Gasteiger partial charge < -0.3 is 19.9 Å². The minimum absolute atomic E-state index is 0.0502. The number of likely N-dealkylation sites (N-methyl/N-ethyl adjacent to an activating group) is 1. The van der Waals surface area contributed by atoms with E-state index in [2.05, 4.69) is 20.6 Å². The van der Waals surface area contributed by atoms with Gasteiger partial charge in [-0.15, -0.1) is 11.3 Å². The van der Waals surface area contributed by atoms with Crippen molar-refractivity contribution in [3.8, 4) is 0 Å². The maximum absolute atomic E-state index is 12.5. The molecule has 2 aromatic heterocycles. The average molecular weight is 392 g/mol. The van der Waals surface area contributed by atoms with E-state index in [-0.39, 0.29) is 29.4 Å². The van der Waals surface area contributed by atoms with E-state index in [1.54, 1.807) is 26.4 Å². The molecule has 144 valence electrons. The predicted octanol–water partition coefficient (Wildman–Crippen LogP) is 1.29. The number of rotatable bonds is 7. The van der Waals surface area contributed by atoms with Crippen molar-refractivity contribution >= 4 is 40.5 Å². The molecule has 2 heterocycles. The van der Waals surface area contributed by atoms with Gasteiger partial charge in [0.15, 0.2) is 13.1 Å². The molecule has 9 nitrogen and oxygen atoms in total. The lowest BCUT2D eigenvalue weighted by atomic mass is 10.2. The lowest BCUT2D eigenvalue weighted by Gasteiger charge is -2.28. The molecule has 0 saturated heterocycles. The van der Waals surface area contributed by atoms with E-state index in [4.69, 9.17) is 4.74 Å². The Labute approximate surface area is 161 Å². The van der Waals surface area contributed by atoms with Gasteiger partial charge in [0.2, 0.25) is 0 Å². The van der Waals surface area contributed by atoms with E-state index in [1.165, 1.54) is 37.2 Å². The summed E-state index contributed by atoms with van der Waals surface area (Å²) in [6.07, 6.45) is 4.35. The Morgan fingerprint density at radius 1 is 1.11 bits per heavy atom. The zero-order valence-electron chi connectivity index (χ0n) is 15.6. The van der Waals surface area contributed by atoms with Crippen LogP contribution in [0.2, 0.25) is 0 Å². The van der Waals surface area contributed by atoms with Crippen molar-refractivity contribution in [3.05, 3.63) is 34.5 Å². The van der Waals surface area contributed by atoms with Crippen LogP contribution in [0.15, 0.2) is 24.1 Å². The molecule has 0 unspecified atom stereocenters. The van der Waals surface area contributed by atoms with Gasteiger partial charge in [-0.3, -0.25) is 9.59 Å². The third-order valence-electron chi connectivity index (χ3n) is 3.60. The smallest absolute Gasteiger partial charge is 0.350 e. The number of carbonyl (C=O) groups is 3. The summed E-state index contributed by atoms with van der Waals surface area (Å²) in [6.45, 7) is 1.93. The number of thiophene rings is 1. The van der Waals surface area contributed by atoms with E-state index < -0.39 is 5.97 Å². The summed E-state index contributed by atoms with van der Waals surface area (Å²) in [5.41, 5.74) is 1.71. The molecule has 0 fully saturated rings. The molecule has 2 rings (SSSR count). The lowest BCUT2D eigenvalue weighted by molar-refractivity contribution is -0.874. The molecule has 0 saturated carbocycles. The van der Waals surface area contributed by atoms with Crippen LogP contribution in [0, 0.1) is 6.92 Å². The molecule has 10 heteroatoms. The summed E-state index contributed by atoms with van der Waals surface area (Å²) in [5, 5.41) is 7.22. The highest BCUT2D eigenvalue weighted by Gasteiger charge is 2.26. The van der Waals surface area contributed by atoms with Crippen molar-refractivity contribution in [1.29, 1.82) is 0 Å². The highest BCUT2D eigenvalue weighted by atomic mass is 32.1. The number of amides is 2. The average Bonchev–Trinajstić information content (AvgIpc) is 2.94. The van der Waals surface area contributed by atoms with E-state index in [0.29, 0.717) is 16.3 Å². The zero-order chi connectivity index (χ0) is 20.0. The van der Waals surface area contributed by atoms with Crippen LogP contribution in [0.4, 0.5) is 11.4 Å². The molecule has 2 aromatic rings. The third-order valence-corrected chi connectivity index (χ3v) is 4.68. The Hall–Kier alpha value is -2.85. The fourth-order valence-electron chi connectivity index (χ4n) is 2.42. The molecular weight excluding hydrogens is 370 g/mol. The summed E-state index contributed by atoms with van der Waals surface area (Å²) >= 11 is 1.21. The highest BCUT2D eigenvalue weighted by Crippen LogP contribution is 2.28. The molecule has 0 aliphatic heterocycles. The second-order valence-electron chi connectivity index (χ2n) is 6.59. The molecule has 27 heavy (non-hydrogen) atoms. The van der Waals surface area contributed by atoms with Crippen LogP contribution >= 0.6 is 11.3 Å². The van der Waals surface area contributed by atoms with Gasteiger partial charge in [0.05, 0.1) is 45.0 Å². The van der Waals surface area contributed by atoms with Crippen LogP contribution < -0.4 is 10.6 Å². The molecule has 0 spiro atoms. The second kappa shape index (κ2) is 8.69. The number of carbonyl (C=O) groups excluding carboxylic acids is 3. The van der Waals surface area contributed by atoms with E-state index >= 15 is 0 Å². The van der Waals surface area contributed by atoms with Gasteiger partial charge in [-0.2, -0.15) is 0 Å². The number of aromatic nitrogens is 2. The number of hydrogen-bond donors (Lipinski definition) is 2. The maximum Gasteiger partial charge on any atom is 0.350 e. The first kappa shape index (κ1) is 20.5. The number of nitrogens with zero attached hydrogens (tertiary/aromatic N) is 3. The molecule has 2 amide bonds. The summed E-state index contributed by atoms with van der Waals surface area (Å²) < 4.78 is 4.86. The first-order valence-corrected chi connectivity index (χ1v) is 8.93. The van der Waals surface area contributed by atoms with Gasteiger partial charge in [0, 0.05) is 0 Å². The van der Waals surface area contributed by atoms with Gasteiger partial charge in [0.1, 0.15) is 11.2 Å². The van der Waals surface area contributed by atoms with Crippen molar-refractivity contribution in [2.24, 2.45) is 0 Å². The quantitative estimate of drug-likeness (QED) is 0.543. The molecule has 0 aliphatic rings. The molecule has 0 aliphatic carbocycles. The Morgan fingerprint density at radius 3 is 2.30 bits per heavy atom. The first-order chi connectivity index (χ1) is 12.7. The topological polar surface area (TPSA) is 110 Å². The van der Waals surface area contributed by atoms with E-state index in [0.717, 1.165) is 5.56 Å². The number of esters is 1. The number of ether oxygens (including phenoxy) is 1. The molecule has 0 aromatic carbocycles. The van der Waals surface area contributed by atoms with Gasteiger partial charge in [0.25, 0.3) is 11.8 Å². The van der Waals surface area contributed by atoms with Crippen LogP contribution in [0.5, 0.6) is 0 Å². The Bertz CT molecular complexity index is 835. The number of methoxy groups -OCH3 is 1. The largest absolute Gasteiger partial charge is 0.465 e. The van der Waals surface area contributed by atoms with Gasteiger partial charge >= 0.3 is 5.97 Å². The van der Waals surface area contributed by atoms with Crippen molar-refractivity contribution in [2.75, 3.05) is 44.9 Å². The Balaban J connectivity index is 1.97. The van der Waals surface area contributed by atoms with Crippen LogP contribution in [0.25, 0.3) is 0 Å². The molecule has 2 N–H and O–H groups in total. The predicted molar refractivity (Wildman–Crippen MR) is 102 cm³/mol. The summed E-state index contributed by atoms with van der Waals surface area (Å²) in [4.78, 5) is 44.5. The normalized spacial score (nSPS) is 11.0. The SMILES string of the molecule is COC(=O)c1scc(C)c1NC(=O)C[N+](C)(C)CC(=O)Nc1cncnc1. The Morgan fingerprint density at radius 2 is 1.70 bits per heavy atom. The number of aryl methyl sites for hydroxylation is 1. The van der Waals surface area contributed by atoms with Crippen LogP contribution in [-0.2, 0) is 14.3 Å². The van der Waals surface area contributed by atoms with Gasteiger partial charge in [-0.25, -0.2) is 14.8 Å². The fourth-order valence-corrected chi connectivity index (χ4v) is 3.34. The summed E-state index contributed by atoms with van der Waals surface area (Å²) in [6, 6.07) is 0. The van der Waals surface area contributed by atoms with E-state index in [1.807, 2.05) is 0 Å². The van der Waals surface area contributed by atoms with Crippen LogP contribution in [0.3, 0.4) is 0 Å². The third kappa shape index (κ3) is 5.83. The number of anilines is 2. The maximum atomic E-state index is 12.5. The number of hydrogen-bond acceptors (Lipinski definition) is 7. The molecule has 0 bridgehead atoms. The number of nitrogens with one attached hydrogen (secondary N) is 2. The van der Waals surface area contributed by atoms with Crippen molar-refractivity contribution in [1.82, 2.24) is 9.97 Å². The molecule has 0 atom stereocenters. The Kier molecular flexibility index (Phi) is 6.59. The summed E-state index contributed by atoms with van der Waals surface area (Å²) in [7, 11) is 4.82. The van der Waals surface area contributed by atoms with Gasteiger partial charge in [-0.1, -0.05) is 0 Å². The molecule has 0 radical (unpaired) electrons. The minimum atomic E-state index is -0.499. The van der Waals surface area contributed by atoms with Gasteiger partial charge in [-0.05, 0) is 17.9 Å². The highest BCUT2D eigenvalue weighted by molar-refractivity contribution is 7.12. The molecular formula is C17H22N5O4S+. The lowest BCUT2D eigenvalue weighted by Crippen LogP contribution is -2.50. The monoisotopic (exact) mass is 392 g/mol. The van der Waals surface area contributed by atoms with Crippen molar-refractivity contribution in [2.45, 2.75) is 6.92 Å². The second-order valence-corrected chi connectivity index (χ2v) is 7.47. The van der Waals surface area contributed by atoms with Crippen molar-refractivity contribution < 1.29 is 23.6 Å². The van der Waals surface area contributed by atoms with Crippen LogP contribution in [-0.4, -0.2) is 66.5 Å². The zero-order valence-corrected chi connectivity index (χ0v) is 16.4. The minimum Gasteiger partial charge on any atom is -0.465 e. The first-order valence-electron chi connectivity index (χ1n) is 8.05. The van der Waals surface area contributed by atoms with E-state index in [9.17, 15) is 14.4 Å². The standard InChI is InChI=1S/C17H21N5O4S/c1-11-9-27-16(17(25)26-4)15(11)21-14(24)8-22(2,3)7-13(23)20-12-5-18-10-19-6-12/h5-6,9-10H,7-8H2,1-4H3,(H-,20,21,23,24,25)/p+1. The number of quaternary nitrogens is 1.